The average Bonchev–Trinajstić information content (AvgIpc) is 3.08. The lowest BCUT2D eigenvalue weighted by molar-refractivity contribution is -0.132. The van der Waals surface area contributed by atoms with Crippen molar-refractivity contribution in [3.8, 4) is 11.8 Å². The van der Waals surface area contributed by atoms with Gasteiger partial charge in [0.1, 0.15) is 0 Å². The zero-order valence-corrected chi connectivity index (χ0v) is 14.1. The van der Waals surface area contributed by atoms with Crippen LogP contribution in [0.1, 0.15) is 36.6 Å². The molecule has 1 saturated heterocycles. The molecule has 1 aromatic heterocycles. The topological polar surface area (TPSA) is 40.5 Å². The summed E-state index contributed by atoms with van der Waals surface area (Å²) in [6.45, 7) is 2.79. The molecule has 114 valence electrons. The number of nitrogens with zero attached hydrogens (tertiary/aromatic N) is 1. The Morgan fingerprint density at radius 2 is 2.38 bits per heavy atom. The van der Waals surface area contributed by atoms with Crippen LogP contribution in [0, 0.1) is 11.8 Å². The summed E-state index contributed by atoms with van der Waals surface area (Å²) >= 11 is 3.41. The van der Waals surface area contributed by atoms with Crippen LogP contribution in [0.25, 0.3) is 0 Å². The molecule has 1 atom stereocenters. The van der Waals surface area contributed by atoms with Gasteiger partial charge in [-0.1, -0.05) is 11.8 Å². The van der Waals surface area contributed by atoms with Crippen LogP contribution in [0.2, 0.25) is 0 Å². The summed E-state index contributed by atoms with van der Waals surface area (Å²) < 4.78 is -0.240. The molecule has 2 heterocycles. The lowest BCUT2D eigenvalue weighted by Gasteiger charge is -2.27. The maximum absolute atomic E-state index is 12.5. The first kappa shape index (κ1) is 16.4. The molecule has 0 aliphatic carbocycles. The number of aliphatic hydroxyl groups excluding tert-OH is 1. The Hall–Kier alpha value is -0.960. The number of aliphatic hydroxyl groups is 1. The second-order valence-corrected chi connectivity index (χ2v) is 8.01. The third kappa shape index (κ3) is 4.26. The van der Waals surface area contributed by atoms with Crippen molar-refractivity contribution < 1.29 is 9.90 Å². The van der Waals surface area contributed by atoms with E-state index in [-0.39, 0.29) is 17.3 Å². The highest BCUT2D eigenvalue weighted by atomic mass is 32.2. The standard InChI is InChI=1S/C16H21NO2S2/c1-16(7-5-9-21-16)15(19)17(2)11-14-10-13(12-20-14)6-3-4-8-18/h10,12,18H,4-5,7-9,11H2,1-2H3. The van der Waals surface area contributed by atoms with Crippen molar-refractivity contribution in [2.24, 2.45) is 0 Å². The van der Waals surface area contributed by atoms with Gasteiger partial charge in [-0.25, -0.2) is 0 Å². The van der Waals surface area contributed by atoms with Crippen molar-refractivity contribution in [3.05, 3.63) is 21.9 Å². The minimum atomic E-state index is -0.240. The second kappa shape index (κ2) is 7.35. The molecular formula is C16H21NO2S2. The van der Waals surface area contributed by atoms with Gasteiger partial charge in [-0.05, 0) is 31.6 Å². The monoisotopic (exact) mass is 323 g/mol. The minimum absolute atomic E-state index is 0.0947. The summed E-state index contributed by atoms with van der Waals surface area (Å²) in [4.78, 5) is 15.5. The molecule has 0 bridgehead atoms. The average molecular weight is 323 g/mol. The number of hydrogen-bond acceptors (Lipinski definition) is 4. The van der Waals surface area contributed by atoms with Crippen LogP contribution in [0.4, 0.5) is 0 Å². The van der Waals surface area contributed by atoms with Crippen LogP contribution in [-0.4, -0.2) is 40.1 Å². The van der Waals surface area contributed by atoms with E-state index in [4.69, 9.17) is 5.11 Å². The van der Waals surface area contributed by atoms with Gasteiger partial charge in [0.25, 0.3) is 0 Å². The Labute approximate surface area is 134 Å². The number of thioether (sulfide) groups is 1. The van der Waals surface area contributed by atoms with E-state index < -0.39 is 0 Å². The van der Waals surface area contributed by atoms with Crippen molar-refractivity contribution in [2.75, 3.05) is 19.4 Å². The van der Waals surface area contributed by atoms with Gasteiger partial charge in [-0.15, -0.1) is 23.1 Å². The molecular weight excluding hydrogens is 302 g/mol. The van der Waals surface area contributed by atoms with Crippen LogP contribution >= 0.6 is 23.1 Å². The first-order valence-corrected chi connectivity index (χ1v) is 8.98. The van der Waals surface area contributed by atoms with Gasteiger partial charge in [-0.3, -0.25) is 4.79 Å². The molecule has 0 aromatic carbocycles. The number of carbonyl (C=O) groups is 1. The van der Waals surface area contributed by atoms with E-state index in [9.17, 15) is 4.79 Å². The van der Waals surface area contributed by atoms with Gasteiger partial charge < -0.3 is 10.0 Å². The lowest BCUT2D eigenvalue weighted by Crippen LogP contribution is -2.41. The maximum atomic E-state index is 12.5. The SMILES string of the molecule is CN(Cc1cc(C#CCCO)cs1)C(=O)C1(C)CCCS1. The zero-order valence-electron chi connectivity index (χ0n) is 12.5. The van der Waals surface area contributed by atoms with Crippen LogP contribution in [0.3, 0.4) is 0 Å². The third-order valence-electron chi connectivity index (χ3n) is 3.53. The number of carbonyl (C=O) groups excluding carboxylic acids is 1. The van der Waals surface area contributed by atoms with Crippen LogP contribution < -0.4 is 0 Å². The smallest absolute Gasteiger partial charge is 0.238 e. The van der Waals surface area contributed by atoms with E-state index in [1.165, 1.54) is 0 Å². The Bertz CT molecular complexity index is 550. The highest BCUT2D eigenvalue weighted by Gasteiger charge is 2.39. The van der Waals surface area contributed by atoms with E-state index in [0.717, 1.165) is 29.0 Å². The molecule has 21 heavy (non-hydrogen) atoms. The lowest BCUT2D eigenvalue weighted by atomic mass is 10.0. The predicted molar refractivity (Wildman–Crippen MR) is 89.5 cm³/mol. The molecule has 1 unspecified atom stereocenters. The van der Waals surface area contributed by atoms with E-state index >= 15 is 0 Å². The number of thiophene rings is 1. The molecule has 2 rings (SSSR count). The first-order valence-electron chi connectivity index (χ1n) is 7.12. The Balaban J connectivity index is 1.95. The van der Waals surface area contributed by atoms with Gasteiger partial charge in [0, 0.05) is 29.3 Å². The predicted octanol–water partition coefficient (Wildman–Crippen LogP) is 2.73. The van der Waals surface area contributed by atoms with E-state index in [1.807, 2.05) is 23.4 Å². The van der Waals surface area contributed by atoms with E-state index in [0.29, 0.717) is 13.0 Å². The first-order chi connectivity index (χ1) is 10.0. The molecule has 0 saturated carbocycles. The number of rotatable bonds is 4. The Kier molecular flexibility index (Phi) is 5.74. The molecule has 5 heteroatoms. The Morgan fingerprint density at radius 1 is 1.57 bits per heavy atom. The summed E-state index contributed by atoms with van der Waals surface area (Å²) in [5, 5.41) is 10.7. The van der Waals surface area contributed by atoms with Crippen LogP contribution in [-0.2, 0) is 11.3 Å². The zero-order chi connectivity index (χ0) is 15.3. The highest BCUT2D eigenvalue weighted by Crippen LogP contribution is 2.39. The van der Waals surface area contributed by atoms with Gasteiger partial charge in [0.15, 0.2) is 0 Å². The Morgan fingerprint density at radius 3 is 3.05 bits per heavy atom. The molecule has 0 spiro atoms. The molecule has 1 fully saturated rings. The van der Waals surface area contributed by atoms with E-state index in [2.05, 4.69) is 18.8 Å². The largest absolute Gasteiger partial charge is 0.395 e. The molecule has 1 aliphatic heterocycles. The van der Waals surface area contributed by atoms with Gasteiger partial charge in [0.05, 0.1) is 17.9 Å². The van der Waals surface area contributed by atoms with E-state index in [1.54, 1.807) is 23.1 Å². The third-order valence-corrected chi connectivity index (χ3v) is 5.96. The minimum Gasteiger partial charge on any atom is -0.395 e. The van der Waals surface area contributed by atoms with Crippen molar-refractivity contribution in [2.45, 2.75) is 37.5 Å². The second-order valence-electron chi connectivity index (χ2n) is 5.42. The normalized spacial score (nSPS) is 20.9. The highest BCUT2D eigenvalue weighted by molar-refractivity contribution is 8.01. The van der Waals surface area contributed by atoms with Crippen molar-refractivity contribution in [3.63, 3.8) is 0 Å². The molecule has 0 radical (unpaired) electrons. The molecule has 1 N–H and O–H groups in total. The summed E-state index contributed by atoms with van der Waals surface area (Å²) in [5.41, 5.74) is 0.964. The van der Waals surface area contributed by atoms with Crippen LogP contribution in [0.5, 0.6) is 0 Å². The molecule has 1 aromatic rings. The van der Waals surface area contributed by atoms with Gasteiger partial charge in [-0.2, -0.15) is 0 Å². The van der Waals surface area contributed by atoms with Crippen molar-refractivity contribution in [1.29, 1.82) is 0 Å². The fraction of sp³-hybridized carbons (Fsp3) is 0.562. The fourth-order valence-electron chi connectivity index (χ4n) is 2.41. The molecule has 1 aliphatic rings. The quantitative estimate of drug-likeness (QED) is 0.866. The summed E-state index contributed by atoms with van der Waals surface area (Å²) in [6.07, 6.45) is 2.60. The van der Waals surface area contributed by atoms with Crippen LogP contribution in [0.15, 0.2) is 11.4 Å². The molecule has 3 nitrogen and oxygen atoms in total. The summed E-state index contributed by atoms with van der Waals surface area (Å²) in [6, 6.07) is 2.03. The van der Waals surface area contributed by atoms with Crippen molar-refractivity contribution >= 4 is 29.0 Å². The summed E-state index contributed by atoms with van der Waals surface area (Å²) in [5.74, 6) is 7.25. The number of amides is 1. The summed E-state index contributed by atoms with van der Waals surface area (Å²) in [7, 11) is 1.88. The number of hydrogen-bond donors (Lipinski definition) is 1. The van der Waals surface area contributed by atoms with Gasteiger partial charge in [0.2, 0.25) is 5.91 Å². The fourth-order valence-corrected chi connectivity index (χ4v) is 4.58. The molecule has 1 amide bonds. The van der Waals surface area contributed by atoms with Crippen molar-refractivity contribution in [1.82, 2.24) is 4.90 Å². The van der Waals surface area contributed by atoms with Gasteiger partial charge >= 0.3 is 0 Å². The maximum Gasteiger partial charge on any atom is 0.238 e.